The molecule has 1 aliphatic rings. The maximum absolute atomic E-state index is 12.6. The van der Waals surface area contributed by atoms with Crippen LogP contribution in [0.2, 0.25) is 0 Å². The fourth-order valence-corrected chi connectivity index (χ4v) is 4.15. The summed E-state index contributed by atoms with van der Waals surface area (Å²) in [6.45, 7) is 2.47. The van der Waals surface area contributed by atoms with Gasteiger partial charge in [0.05, 0.1) is 0 Å². The fourth-order valence-electron chi connectivity index (χ4n) is 2.49. The van der Waals surface area contributed by atoms with Crippen molar-refractivity contribution in [2.24, 2.45) is 25.7 Å². The third kappa shape index (κ3) is 2.68. The summed E-state index contributed by atoms with van der Waals surface area (Å²) in [5.74, 6) is 0.0798. The van der Waals surface area contributed by atoms with Crippen LogP contribution >= 0.6 is 0 Å². The van der Waals surface area contributed by atoms with Crippen molar-refractivity contribution in [3.8, 4) is 0 Å². The highest BCUT2D eigenvalue weighted by atomic mass is 32.2. The Morgan fingerprint density at radius 2 is 1.95 bits per heavy atom. The number of nitrogens with two attached hydrogens (primary N) is 1. The van der Waals surface area contributed by atoms with Gasteiger partial charge in [-0.25, -0.2) is 13.2 Å². The smallest absolute Gasteiger partial charge is 0.328 e. The second-order valence-electron chi connectivity index (χ2n) is 5.52. The van der Waals surface area contributed by atoms with Crippen LogP contribution in [0.5, 0.6) is 0 Å². The van der Waals surface area contributed by atoms with Crippen molar-refractivity contribution in [1.29, 1.82) is 0 Å². The SMILES string of the molecule is CC(N)C1CCN(S(=O)(=O)c2cn(C)c(=O)n(C)c2=O)C1. The predicted molar refractivity (Wildman–Crippen MR) is 77.4 cm³/mol. The van der Waals surface area contributed by atoms with Crippen LogP contribution in [0.3, 0.4) is 0 Å². The Balaban J connectivity index is 2.47. The molecular weight excluding hydrogens is 296 g/mol. The van der Waals surface area contributed by atoms with E-state index < -0.39 is 21.3 Å². The first-order chi connectivity index (χ1) is 9.66. The van der Waals surface area contributed by atoms with E-state index in [0.29, 0.717) is 19.5 Å². The zero-order valence-corrected chi connectivity index (χ0v) is 13.1. The second kappa shape index (κ2) is 5.39. The Labute approximate surface area is 122 Å². The van der Waals surface area contributed by atoms with E-state index in [9.17, 15) is 18.0 Å². The van der Waals surface area contributed by atoms with E-state index >= 15 is 0 Å². The minimum Gasteiger partial charge on any atom is -0.328 e. The highest BCUT2D eigenvalue weighted by molar-refractivity contribution is 7.89. The van der Waals surface area contributed by atoms with Gasteiger partial charge >= 0.3 is 5.69 Å². The van der Waals surface area contributed by atoms with Gasteiger partial charge in [0.2, 0.25) is 10.0 Å². The molecule has 0 aromatic carbocycles. The quantitative estimate of drug-likeness (QED) is 0.726. The van der Waals surface area contributed by atoms with Gasteiger partial charge in [-0.1, -0.05) is 0 Å². The molecule has 1 aliphatic heterocycles. The summed E-state index contributed by atoms with van der Waals surface area (Å²) in [6.07, 6.45) is 1.75. The standard InChI is InChI=1S/C12H20N4O4S/c1-8(13)9-4-5-16(6-9)21(19,20)10-7-14(2)12(18)15(3)11(10)17/h7-9H,4-6,13H2,1-3H3. The van der Waals surface area contributed by atoms with Gasteiger partial charge in [-0.2, -0.15) is 4.31 Å². The minimum absolute atomic E-state index is 0.0798. The third-order valence-electron chi connectivity index (χ3n) is 3.96. The van der Waals surface area contributed by atoms with E-state index in [1.54, 1.807) is 0 Å². The monoisotopic (exact) mass is 316 g/mol. The number of hydrogen-bond donors (Lipinski definition) is 1. The Bertz CT molecular complexity index is 762. The molecule has 1 aromatic heterocycles. The van der Waals surface area contributed by atoms with Gasteiger partial charge in [-0.3, -0.25) is 9.36 Å². The maximum atomic E-state index is 12.6. The van der Waals surface area contributed by atoms with Crippen molar-refractivity contribution < 1.29 is 8.42 Å². The van der Waals surface area contributed by atoms with E-state index in [1.807, 2.05) is 6.92 Å². The summed E-state index contributed by atoms with van der Waals surface area (Å²) in [6, 6.07) is -0.104. The summed E-state index contributed by atoms with van der Waals surface area (Å²) in [7, 11) is -1.24. The lowest BCUT2D eigenvalue weighted by Gasteiger charge is -2.18. The molecule has 2 heterocycles. The molecule has 2 N–H and O–H groups in total. The highest BCUT2D eigenvalue weighted by Gasteiger charge is 2.36. The van der Waals surface area contributed by atoms with Crippen LogP contribution in [0.4, 0.5) is 0 Å². The lowest BCUT2D eigenvalue weighted by Crippen LogP contribution is -2.42. The van der Waals surface area contributed by atoms with Gasteiger partial charge in [0, 0.05) is 39.4 Å². The molecule has 118 valence electrons. The van der Waals surface area contributed by atoms with Gasteiger partial charge in [-0.15, -0.1) is 0 Å². The Hall–Kier alpha value is -1.45. The van der Waals surface area contributed by atoms with Crippen molar-refractivity contribution >= 4 is 10.0 Å². The predicted octanol–water partition coefficient (Wildman–Crippen LogP) is -1.56. The molecular formula is C12H20N4O4S. The van der Waals surface area contributed by atoms with Gasteiger partial charge in [0.1, 0.15) is 0 Å². The van der Waals surface area contributed by atoms with E-state index in [4.69, 9.17) is 5.73 Å². The zero-order valence-electron chi connectivity index (χ0n) is 12.3. The molecule has 0 bridgehead atoms. The Morgan fingerprint density at radius 3 is 2.48 bits per heavy atom. The second-order valence-corrected chi connectivity index (χ2v) is 7.43. The Morgan fingerprint density at radius 1 is 1.33 bits per heavy atom. The average molecular weight is 316 g/mol. The van der Waals surface area contributed by atoms with Gasteiger partial charge in [-0.05, 0) is 19.3 Å². The molecule has 0 radical (unpaired) electrons. The summed E-state index contributed by atoms with van der Waals surface area (Å²) in [4.78, 5) is 23.3. The number of rotatable bonds is 3. The topological polar surface area (TPSA) is 107 Å². The molecule has 2 unspecified atom stereocenters. The van der Waals surface area contributed by atoms with Crippen LogP contribution in [0, 0.1) is 5.92 Å². The molecule has 2 rings (SSSR count). The summed E-state index contributed by atoms with van der Waals surface area (Å²) >= 11 is 0. The normalized spacial score (nSPS) is 21.6. The maximum Gasteiger partial charge on any atom is 0.330 e. The van der Waals surface area contributed by atoms with Crippen LogP contribution in [-0.4, -0.2) is 41.0 Å². The van der Waals surface area contributed by atoms with Crippen LogP contribution < -0.4 is 17.0 Å². The van der Waals surface area contributed by atoms with Crippen molar-refractivity contribution in [2.45, 2.75) is 24.3 Å². The lowest BCUT2D eigenvalue weighted by atomic mass is 10.0. The van der Waals surface area contributed by atoms with Gasteiger partial charge in [0.25, 0.3) is 5.56 Å². The first kappa shape index (κ1) is 15.9. The van der Waals surface area contributed by atoms with Gasteiger partial charge < -0.3 is 10.3 Å². The molecule has 8 nitrogen and oxygen atoms in total. The summed E-state index contributed by atoms with van der Waals surface area (Å²) in [5.41, 5.74) is 4.44. The van der Waals surface area contributed by atoms with E-state index in [-0.39, 0.29) is 16.9 Å². The molecule has 0 spiro atoms. The number of aromatic nitrogens is 2. The van der Waals surface area contributed by atoms with Crippen molar-refractivity contribution in [1.82, 2.24) is 13.4 Å². The lowest BCUT2D eigenvalue weighted by molar-refractivity contribution is 0.427. The van der Waals surface area contributed by atoms with Crippen LogP contribution in [0.25, 0.3) is 0 Å². The van der Waals surface area contributed by atoms with Crippen LogP contribution in [0.1, 0.15) is 13.3 Å². The number of hydrogen-bond acceptors (Lipinski definition) is 5. The first-order valence-electron chi connectivity index (χ1n) is 6.68. The number of sulfonamides is 1. The van der Waals surface area contributed by atoms with E-state index in [2.05, 4.69) is 0 Å². The van der Waals surface area contributed by atoms with Crippen LogP contribution in [0.15, 0.2) is 20.7 Å². The molecule has 1 aromatic rings. The minimum atomic E-state index is -3.91. The summed E-state index contributed by atoms with van der Waals surface area (Å²) in [5, 5.41) is 0. The zero-order chi connectivity index (χ0) is 15.9. The number of nitrogens with zero attached hydrogens (tertiary/aromatic N) is 3. The number of aryl methyl sites for hydroxylation is 1. The van der Waals surface area contributed by atoms with Crippen molar-refractivity contribution in [2.75, 3.05) is 13.1 Å². The summed E-state index contributed by atoms with van der Waals surface area (Å²) < 4.78 is 28.3. The van der Waals surface area contributed by atoms with Crippen LogP contribution in [-0.2, 0) is 24.1 Å². The molecule has 21 heavy (non-hydrogen) atoms. The fraction of sp³-hybridized carbons (Fsp3) is 0.667. The molecule has 9 heteroatoms. The third-order valence-corrected chi connectivity index (χ3v) is 5.81. The molecule has 1 saturated heterocycles. The largest absolute Gasteiger partial charge is 0.330 e. The Kier molecular flexibility index (Phi) is 4.09. The van der Waals surface area contributed by atoms with Crippen molar-refractivity contribution in [3.05, 3.63) is 27.0 Å². The van der Waals surface area contributed by atoms with E-state index in [1.165, 1.54) is 18.4 Å². The molecule has 0 amide bonds. The first-order valence-corrected chi connectivity index (χ1v) is 8.12. The van der Waals surface area contributed by atoms with E-state index in [0.717, 1.165) is 15.3 Å². The van der Waals surface area contributed by atoms with Gasteiger partial charge in [0.15, 0.2) is 4.90 Å². The van der Waals surface area contributed by atoms with Crippen molar-refractivity contribution in [3.63, 3.8) is 0 Å². The molecule has 0 aliphatic carbocycles. The highest BCUT2D eigenvalue weighted by Crippen LogP contribution is 2.24. The molecule has 2 atom stereocenters. The average Bonchev–Trinajstić information content (AvgIpc) is 2.91. The molecule has 1 fully saturated rings. The molecule has 0 saturated carbocycles.